The molecule has 1 aromatic heterocycles. The van der Waals surface area contributed by atoms with Gasteiger partial charge in [0.25, 0.3) is 6.01 Å². The van der Waals surface area contributed by atoms with Crippen LogP contribution in [0.2, 0.25) is 0 Å². The van der Waals surface area contributed by atoms with Crippen LogP contribution >= 0.6 is 0 Å². The molecule has 5 aromatic rings. The summed E-state index contributed by atoms with van der Waals surface area (Å²) >= 11 is 0. The summed E-state index contributed by atoms with van der Waals surface area (Å²) in [5.74, 6) is -3.65. The van der Waals surface area contributed by atoms with Gasteiger partial charge in [-0.15, -0.1) is 0 Å². The Morgan fingerprint density at radius 3 is 2.08 bits per heavy atom. The van der Waals surface area contributed by atoms with Crippen molar-refractivity contribution in [2.24, 2.45) is 0 Å². The predicted molar refractivity (Wildman–Crippen MR) is 132 cm³/mol. The number of nitrogens with one attached hydrogen (secondary N) is 1. The van der Waals surface area contributed by atoms with Gasteiger partial charge in [-0.3, -0.25) is 0 Å². The van der Waals surface area contributed by atoms with E-state index in [1.54, 1.807) is 55.5 Å². The number of ether oxygens (including phenoxy) is 1. The van der Waals surface area contributed by atoms with E-state index >= 15 is 4.39 Å². The van der Waals surface area contributed by atoms with Gasteiger partial charge in [0.2, 0.25) is 0 Å². The lowest BCUT2D eigenvalue weighted by Gasteiger charge is -2.08. The molecular weight excluding hydrogens is 482 g/mol. The molecule has 0 unspecified atom stereocenters. The van der Waals surface area contributed by atoms with Crippen LogP contribution in [0, 0.1) is 18.6 Å². The summed E-state index contributed by atoms with van der Waals surface area (Å²) in [6, 6.07) is 18.2. The minimum absolute atomic E-state index is 0.0504. The molecule has 0 aliphatic carbocycles. The lowest BCUT2D eigenvalue weighted by Crippen LogP contribution is -2.00. The Morgan fingerprint density at radius 2 is 1.46 bits per heavy atom. The molecule has 184 valence electrons. The van der Waals surface area contributed by atoms with E-state index in [-0.39, 0.29) is 45.0 Å². The van der Waals surface area contributed by atoms with E-state index in [0.717, 1.165) is 17.2 Å². The van der Waals surface area contributed by atoms with Gasteiger partial charge in [0, 0.05) is 6.07 Å². The zero-order valence-corrected chi connectivity index (χ0v) is 19.3. The van der Waals surface area contributed by atoms with Crippen LogP contribution in [0.1, 0.15) is 26.3 Å². The average molecular weight is 500 g/mol. The Hall–Kier alpha value is -5.05. The van der Waals surface area contributed by atoms with Crippen molar-refractivity contribution < 1.29 is 33.3 Å². The Bertz CT molecular complexity index is 1680. The Labute approximate surface area is 208 Å². The summed E-state index contributed by atoms with van der Waals surface area (Å²) in [6.07, 6.45) is 0. The number of H-pyrrole nitrogens is 1. The zero-order chi connectivity index (χ0) is 26.3. The van der Waals surface area contributed by atoms with Gasteiger partial charge in [0.15, 0.2) is 5.82 Å². The third-order valence-electron chi connectivity index (χ3n) is 5.94. The SMILES string of the molecule is Cc1ccc(Oc2nc3c(F)c(-c4ccc(-c5ccc(C(=O)O)cc5)cc4)c(F)cc3[nH]2)cc1C(=O)O. The van der Waals surface area contributed by atoms with Crippen molar-refractivity contribution in [1.29, 1.82) is 0 Å². The van der Waals surface area contributed by atoms with E-state index in [9.17, 15) is 19.1 Å². The maximum Gasteiger partial charge on any atom is 0.336 e. The predicted octanol–water partition coefficient (Wildman–Crippen LogP) is 6.67. The molecule has 4 aromatic carbocycles. The van der Waals surface area contributed by atoms with Gasteiger partial charge in [-0.05, 0) is 53.4 Å². The lowest BCUT2D eigenvalue weighted by atomic mass is 9.98. The molecule has 3 N–H and O–H groups in total. The van der Waals surface area contributed by atoms with E-state index < -0.39 is 23.6 Å². The van der Waals surface area contributed by atoms with Gasteiger partial charge in [-0.25, -0.2) is 18.4 Å². The molecule has 5 rings (SSSR count). The van der Waals surface area contributed by atoms with Crippen molar-refractivity contribution in [2.75, 3.05) is 0 Å². The maximum atomic E-state index is 15.4. The fourth-order valence-electron chi connectivity index (χ4n) is 4.01. The van der Waals surface area contributed by atoms with Gasteiger partial charge in [0.05, 0.1) is 22.2 Å². The molecule has 37 heavy (non-hydrogen) atoms. The number of rotatable bonds is 6. The Kier molecular flexibility index (Phi) is 5.88. The van der Waals surface area contributed by atoms with Crippen molar-refractivity contribution >= 4 is 23.0 Å². The first-order valence-corrected chi connectivity index (χ1v) is 11.0. The highest BCUT2D eigenvalue weighted by molar-refractivity contribution is 5.90. The Balaban J connectivity index is 1.46. The molecule has 0 aliphatic heterocycles. The minimum Gasteiger partial charge on any atom is -0.478 e. The third-order valence-corrected chi connectivity index (χ3v) is 5.94. The first kappa shape index (κ1) is 23.7. The summed E-state index contributed by atoms with van der Waals surface area (Å²) in [4.78, 5) is 29.2. The van der Waals surface area contributed by atoms with Crippen LogP contribution in [0.15, 0.2) is 72.8 Å². The first-order chi connectivity index (χ1) is 17.7. The van der Waals surface area contributed by atoms with Crippen LogP contribution in [0.5, 0.6) is 11.8 Å². The van der Waals surface area contributed by atoms with E-state index in [1.165, 1.54) is 18.2 Å². The minimum atomic E-state index is -1.12. The smallest absolute Gasteiger partial charge is 0.336 e. The van der Waals surface area contributed by atoms with Crippen LogP contribution in [0.4, 0.5) is 8.78 Å². The number of nitrogens with zero attached hydrogens (tertiary/aromatic N) is 1. The zero-order valence-electron chi connectivity index (χ0n) is 19.3. The largest absolute Gasteiger partial charge is 0.478 e. The second-order valence-electron chi connectivity index (χ2n) is 8.33. The summed E-state index contributed by atoms with van der Waals surface area (Å²) in [5, 5.41) is 18.3. The monoisotopic (exact) mass is 500 g/mol. The molecule has 0 fully saturated rings. The standard InChI is InChI=1S/C28H18F2N2O5/c1-14-2-11-19(12-20(14)27(35)36)37-28-31-22-13-21(29)23(24(30)25(22)32-28)17-7-3-15(4-8-17)16-5-9-18(10-6-16)26(33)34/h2-13H,1H3,(H,31,32)(H,33,34)(H,35,36). The number of aromatic carboxylic acids is 2. The fraction of sp³-hybridized carbons (Fsp3) is 0.0357. The van der Waals surface area contributed by atoms with Crippen molar-refractivity contribution in [3.8, 4) is 34.0 Å². The number of halogens is 2. The van der Waals surface area contributed by atoms with Crippen LogP contribution in [-0.2, 0) is 0 Å². The second kappa shape index (κ2) is 9.19. The number of carboxylic acid groups (broad SMARTS) is 2. The van der Waals surface area contributed by atoms with E-state index in [1.807, 2.05) is 0 Å². The molecule has 0 spiro atoms. The molecule has 7 nitrogen and oxygen atoms in total. The molecule has 0 bridgehead atoms. The molecular formula is C28H18F2N2O5. The molecule has 0 atom stereocenters. The highest BCUT2D eigenvalue weighted by atomic mass is 19.1. The molecule has 0 saturated heterocycles. The number of aromatic amines is 1. The van der Waals surface area contributed by atoms with Crippen molar-refractivity contribution in [3.63, 3.8) is 0 Å². The normalized spacial score (nSPS) is 11.0. The van der Waals surface area contributed by atoms with E-state index in [2.05, 4.69) is 9.97 Å². The van der Waals surface area contributed by atoms with Crippen LogP contribution in [-0.4, -0.2) is 32.1 Å². The molecule has 0 saturated carbocycles. The van der Waals surface area contributed by atoms with Gasteiger partial charge in [0.1, 0.15) is 17.1 Å². The van der Waals surface area contributed by atoms with Crippen molar-refractivity contribution in [2.45, 2.75) is 6.92 Å². The quantitative estimate of drug-likeness (QED) is 0.240. The molecule has 0 aliphatic rings. The number of carboxylic acids is 2. The highest BCUT2D eigenvalue weighted by Gasteiger charge is 2.20. The van der Waals surface area contributed by atoms with Gasteiger partial charge >= 0.3 is 11.9 Å². The number of hydrogen-bond acceptors (Lipinski definition) is 4. The summed E-state index contributed by atoms with van der Waals surface area (Å²) < 4.78 is 36.0. The van der Waals surface area contributed by atoms with E-state index in [4.69, 9.17) is 9.84 Å². The van der Waals surface area contributed by atoms with E-state index in [0.29, 0.717) is 5.56 Å². The maximum absolute atomic E-state index is 15.4. The number of imidazole rings is 1. The second-order valence-corrected chi connectivity index (χ2v) is 8.33. The van der Waals surface area contributed by atoms with Crippen LogP contribution in [0.25, 0.3) is 33.3 Å². The topological polar surface area (TPSA) is 113 Å². The van der Waals surface area contributed by atoms with Crippen molar-refractivity contribution in [3.05, 3.63) is 101 Å². The van der Waals surface area contributed by atoms with Gasteiger partial charge < -0.3 is 19.9 Å². The average Bonchev–Trinajstić information content (AvgIpc) is 3.28. The number of benzene rings is 4. The Morgan fingerprint density at radius 1 is 0.838 bits per heavy atom. The van der Waals surface area contributed by atoms with Gasteiger partial charge in [-0.2, -0.15) is 4.98 Å². The van der Waals surface area contributed by atoms with Crippen LogP contribution in [0.3, 0.4) is 0 Å². The molecule has 9 heteroatoms. The lowest BCUT2D eigenvalue weighted by molar-refractivity contribution is 0.0685. The molecule has 0 radical (unpaired) electrons. The number of carbonyl (C=O) groups is 2. The van der Waals surface area contributed by atoms with Crippen molar-refractivity contribution in [1.82, 2.24) is 9.97 Å². The van der Waals surface area contributed by atoms with Crippen LogP contribution < -0.4 is 4.74 Å². The van der Waals surface area contributed by atoms with Gasteiger partial charge in [-0.1, -0.05) is 42.5 Å². The summed E-state index contributed by atoms with van der Waals surface area (Å²) in [7, 11) is 0. The summed E-state index contributed by atoms with van der Waals surface area (Å²) in [5.41, 5.74) is 2.23. The highest BCUT2D eigenvalue weighted by Crippen LogP contribution is 2.34. The number of hydrogen-bond donors (Lipinski definition) is 3. The first-order valence-electron chi connectivity index (χ1n) is 11.0. The molecule has 1 heterocycles. The fourth-order valence-corrected chi connectivity index (χ4v) is 4.01. The summed E-state index contributed by atoms with van der Waals surface area (Å²) in [6.45, 7) is 1.65. The number of fused-ring (bicyclic) bond motifs is 1. The number of aromatic nitrogens is 2. The molecule has 0 amide bonds. The number of aryl methyl sites for hydroxylation is 1. The third kappa shape index (κ3) is 4.50.